The summed E-state index contributed by atoms with van der Waals surface area (Å²) in [7, 11) is 0. The third-order valence-electron chi connectivity index (χ3n) is 6.86. The van der Waals surface area contributed by atoms with Crippen LogP contribution in [0.4, 0.5) is 0 Å². The molecular weight excluding hydrogens is 390 g/mol. The van der Waals surface area contributed by atoms with Gasteiger partial charge in [0.15, 0.2) is 5.69 Å². The summed E-state index contributed by atoms with van der Waals surface area (Å²) in [4.78, 5) is 32.0. The summed E-state index contributed by atoms with van der Waals surface area (Å²) >= 11 is 0. The molecule has 7 nitrogen and oxygen atoms in total. The van der Waals surface area contributed by atoms with Crippen LogP contribution >= 0.6 is 0 Å². The Bertz CT molecular complexity index is 940. The molecule has 1 aliphatic carbocycles. The maximum absolute atomic E-state index is 13.3. The molecule has 2 aromatic rings. The molecule has 31 heavy (non-hydrogen) atoms. The number of hydrogen-bond acceptors (Lipinski definition) is 4. The van der Waals surface area contributed by atoms with Crippen LogP contribution in [0.15, 0.2) is 30.3 Å². The minimum Gasteiger partial charge on any atom is -0.342 e. The lowest BCUT2D eigenvalue weighted by molar-refractivity contribution is -0.133. The van der Waals surface area contributed by atoms with Crippen LogP contribution in [-0.4, -0.2) is 82.1 Å². The Morgan fingerprint density at radius 1 is 0.806 bits per heavy atom. The summed E-state index contributed by atoms with van der Waals surface area (Å²) in [6, 6.07) is 10.1. The number of piperazine rings is 1. The Hall–Kier alpha value is -2.67. The fraction of sp³-hybridized carbons (Fsp3) is 0.542. The van der Waals surface area contributed by atoms with Crippen molar-refractivity contribution in [2.75, 3.05) is 45.8 Å². The Kier molecular flexibility index (Phi) is 5.76. The average Bonchev–Trinajstić information content (AvgIpc) is 3.43. The van der Waals surface area contributed by atoms with Crippen molar-refractivity contribution in [2.24, 2.45) is 0 Å². The molecule has 0 spiro atoms. The van der Waals surface area contributed by atoms with Crippen LogP contribution < -0.4 is 0 Å². The van der Waals surface area contributed by atoms with Crippen LogP contribution in [0.2, 0.25) is 0 Å². The van der Waals surface area contributed by atoms with Gasteiger partial charge in [0.1, 0.15) is 0 Å². The maximum Gasteiger partial charge on any atom is 0.274 e. The summed E-state index contributed by atoms with van der Waals surface area (Å²) in [5.41, 5.74) is 3.94. The highest BCUT2D eigenvalue weighted by atomic mass is 16.2. The van der Waals surface area contributed by atoms with Gasteiger partial charge in [-0.1, -0.05) is 18.2 Å². The molecule has 5 rings (SSSR count). The van der Waals surface area contributed by atoms with Crippen LogP contribution in [0.3, 0.4) is 0 Å². The number of fused-ring (bicyclic) bond motifs is 1. The lowest BCUT2D eigenvalue weighted by Gasteiger charge is -2.35. The van der Waals surface area contributed by atoms with Gasteiger partial charge < -0.3 is 9.80 Å². The van der Waals surface area contributed by atoms with Crippen LogP contribution in [0, 0.1) is 0 Å². The number of nitrogens with zero attached hydrogens (tertiary/aromatic N) is 5. The minimum atomic E-state index is 0.0369. The van der Waals surface area contributed by atoms with E-state index in [-0.39, 0.29) is 11.8 Å². The summed E-state index contributed by atoms with van der Waals surface area (Å²) in [5.74, 6) is 0.272. The molecule has 2 aliphatic heterocycles. The number of rotatable bonds is 4. The second-order valence-electron chi connectivity index (χ2n) is 8.88. The van der Waals surface area contributed by atoms with Gasteiger partial charge in [-0.3, -0.25) is 14.5 Å². The molecule has 3 heterocycles. The number of hydrogen-bond donors (Lipinski definition) is 0. The molecule has 3 aliphatic rings. The number of amides is 2. The quantitative estimate of drug-likeness (QED) is 0.759. The first-order chi connectivity index (χ1) is 15.2. The third-order valence-corrected chi connectivity index (χ3v) is 6.86. The smallest absolute Gasteiger partial charge is 0.274 e. The molecule has 0 N–H and O–H groups in total. The van der Waals surface area contributed by atoms with Gasteiger partial charge >= 0.3 is 0 Å². The van der Waals surface area contributed by atoms with Crippen molar-refractivity contribution in [1.82, 2.24) is 24.5 Å². The van der Waals surface area contributed by atoms with E-state index >= 15 is 0 Å². The molecule has 2 fully saturated rings. The Balaban J connectivity index is 1.24. The van der Waals surface area contributed by atoms with Crippen molar-refractivity contribution in [1.29, 1.82) is 0 Å². The van der Waals surface area contributed by atoms with Crippen molar-refractivity contribution < 1.29 is 9.59 Å². The second kappa shape index (κ2) is 8.83. The van der Waals surface area contributed by atoms with Crippen molar-refractivity contribution in [2.45, 2.75) is 38.5 Å². The molecule has 0 radical (unpaired) electrons. The fourth-order valence-electron chi connectivity index (χ4n) is 5.09. The van der Waals surface area contributed by atoms with Crippen molar-refractivity contribution in [3.8, 4) is 5.69 Å². The number of para-hydroxylation sites is 1. The fourth-order valence-corrected chi connectivity index (χ4v) is 5.09. The number of carbonyl (C=O) groups is 2. The van der Waals surface area contributed by atoms with E-state index in [1.165, 1.54) is 12.1 Å². The first kappa shape index (κ1) is 20.2. The zero-order valence-electron chi connectivity index (χ0n) is 18.1. The topological polar surface area (TPSA) is 61.7 Å². The normalized spacial score (nSPS) is 19.5. The van der Waals surface area contributed by atoms with E-state index in [1.54, 1.807) is 0 Å². The first-order valence-corrected chi connectivity index (χ1v) is 11.7. The van der Waals surface area contributed by atoms with Gasteiger partial charge in [-0.05, 0) is 50.7 Å². The van der Waals surface area contributed by atoms with Crippen molar-refractivity contribution in [3.63, 3.8) is 0 Å². The highest BCUT2D eigenvalue weighted by Crippen LogP contribution is 2.28. The standard InChI is InChI=1S/C24H31N5O2/c30-22(27-12-5-2-6-13-27)18-26-14-16-28(17-15-26)24(31)23-20-10-7-11-21(20)29(25-23)19-8-3-1-4-9-19/h1,3-4,8-9H,2,5-7,10-18H2. The molecule has 0 unspecified atom stereocenters. The highest BCUT2D eigenvalue weighted by molar-refractivity contribution is 5.94. The zero-order valence-corrected chi connectivity index (χ0v) is 18.1. The maximum atomic E-state index is 13.3. The summed E-state index contributed by atoms with van der Waals surface area (Å²) < 4.78 is 1.96. The average molecular weight is 422 g/mol. The van der Waals surface area contributed by atoms with Crippen LogP contribution in [0.5, 0.6) is 0 Å². The van der Waals surface area contributed by atoms with Gasteiger partial charge in [-0.25, -0.2) is 4.68 Å². The van der Waals surface area contributed by atoms with E-state index in [0.717, 1.165) is 69.5 Å². The monoisotopic (exact) mass is 421 g/mol. The van der Waals surface area contributed by atoms with E-state index < -0.39 is 0 Å². The minimum absolute atomic E-state index is 0.0369. The zero-order chi connectivity index (χ0) is 21.2. The molecule has 0 saturated carbocycles. The lowest BCUT2D eigenvalue weighted by atomic mass is 10.1. The summed E-state index contributed by atoms with van der Waals surface area (Å²) in [6.07, 6.45) is 6.44. The van der Waals surface area contributed by atoms with Crippen LogP contribution in [0.25, 0.3) is 5.69 Å². The second-order valence-corrected chi connectivity index (χ2v) is 8.88. The molecular formula is C24H31N5O2. The van der Waals surface area contributed by atoms with Gasteiger partial charge in [-0.2, -0.15) is 5.10 Å². The van der Waals surface area contributed by atoms with Gasteiger partial charge in [0.05, 0.1) is 12.2 Å². The molecule has 2 saturated heterocycles. The number of likely N-dealkylation sites (tertiary alicyclic amines) is 1. The number of piperidine rings is 1. The van der Waals surface area contributed by atoms with E-state index in [0.29, 0.717) is 25.3 Å². The van der Waals surface area contributed by atoms with Crippen molar-refractivity contribution in [3.05, 3.63) is 47.3 Å². The summed E-state index contributed by atoms with van der Waals surface area (Å²) in [6.45, 7) is 5.05. The largest absolute Gasteiger partial charge is 0.342 e. The molecule has 1 aromatic heterocycles. The third kappa shape index (κ3) is 4.11. The Morgan fingerprint density at radius 2 is 1.55 bits per heavy atom. The number of aromatic nitrogens is 2. The van der Waals surface area contributed by atoms with Gasteiger partial charge in [0.2, 0.25) is 5.91 Å². The summed E-state index contributed by atoms with van der Waals surface area (Å²) in [5, 5.41) is 4.76. The molecule has 7 heteroatoms. The SMILES string of the molecule is O=C(CN1CCN(C(=O)c2nn(-c3ccccc3)c3c2CCC3)CC1)N1CCCCC1. The number of benzene rings is 1. The van der Waals surface area contributed by atoms with E-state index in [4.69, 9.17) is 5.10 Å². The number of carbonyl (C=O) groups excluding carboxylic acids is 2. The van der Waals surface area contributed by atoms with E-state index in [9.17, 15) is 9.59 Å². The molecule has 164 valence electrons. The van der Waals surface area contributed by atoms with Gasteiger partial charge in [0.25, 0.3) is 5.91 Å². The van der Waals surface area contributed by atoms with E-state index in [2.05, 4.69) is 4.90 Å². The predicted molar refractivity (Wildman–Crippen MR) is 118 cm³/mol. The van der Waals surface area contributed by atoms with Gasteiger partial charge in [-0.15, -0.1) is 0 Å². The molecule has 0 bridgehead atoms. The first-order valence-electron chi connectivity index (χ1n) is 11.7. The molecule has 0 atom stereocenters. The van der Waals surface area contributed by atoms with E-state index in [1.807, 2.05) is 44.8 Å². The highest BCUT2D eigenvalue weighted by Gasteiger charge is 2.31. The van der Waals surface area contributed by atoms with Crippen molar-refractivity contribution >= 4 is 11.8 Å². The van der Waals surface area contributed by atoms with Crippen LogP contribution in [0.1, 0.15) is 47.4 Å². The Labute approximate surface area is 183 Å². The van der Waals surface area contributed by atoms with Crippen LogP contribution in [-0.2, 0) is 17.6 Å². The molecule has 1 aromatic carbocycles. The molecule has 2 amide bonds. The lowest BCUT2D eigenvalue weighted by Crippen LogP contribution is -2.52. The predicted octanol–water partition coefficient (Wildman–Crippen LogP) is 2.13. The van der Waals surface area contributed by atoms with Gasteiger partial charge in [0, 0.05) is 50.5 Å². The Morgan fingerprint density at radius 3 is 2.29 bits per heavy atom.